The van der Waals surface area contributed by atoms with E-state index in [1.807, 2.05) is 32.3 Å². The Kier molecular flexibility index (Phi) is 3.74. The molecule has 0 aliphatic heterocycles. The van der Waals surface area contributed by atoms with Crippen LogP contribution in [-0.2, 0) is 13.1 Å². The smallest absolute Gasteiger partial charge is 0.128 e. The second kappa shape index (κ2) is 5.67. The molecule has 4 nitrogen and oxygen atoms in total. The van der Waals surface area contributed by atoms with Crippen LogP contribution in [0.1, 0.15) is 29.9 Å². The van der Waals surface area contributed by atoms with Gasteiger partial charge in [0.2, 0.25) is 0 Å². The minimum Gasteiger partial charge on any atom is -0.464 e. The van der Waals surface area contributed by atoms with Gasteiger partial charge in [0.1, 0.15) is 17.3 Å². The number of furan rings is 1. The predicted molar refractivity (Wildman–Crippen MR) is 79.7 cm³/mol. The minimum absolute atomic E-state index is 0.736. The van der Waals surface area contributed by atoms with E-state index < -0.39 is 0 Å². The number of hydrogen-bond donors (Lipinski definition) is 1. The van der Waals surface area contributed by atoms with Crippen LogP contribution in [0.3, 0.4) is 0 Å². The van der Waals surface area contributed by atoms with Gasteiger partial charge in [0.25, 0.3) is 0 Å². The van der Waals surface area contributed by atoms with Gasteiger partial charge in [0, 0.05) is 25.8 Å². The Morgan fingerprint density at radius 1 is 1.30 bits per heavy atom. The lowest BCUT2D eigenvalue weighted by Crippen LogP contribution is -2.18. The van der Waals surface area contributed by atoms with Crippen LogP contribution in [0.5, 0.6) is 0 Å². The second-order valence-corrected chi connectivity index (χ2v) is 5.55. The lowest BCUT2D eigenvalue weighted by molar-refractivity contribution is 0.481. The fourth-order valence-electron chi connectivity index (χ4n) is 2.18. The van der Waals surface area contributed by atoms with E-state index in [-0.39, 0.29) is 0 Å². The molecule has 0 aromatic carbocycles. The van der Waals surface area contributed by atoms with E-state index >= 15 is 0 Å². The van der Waals surface area contributed by atoms with E-state index in [1.54, 1.807) is 0 Å². The van der Waals surface area contributed by atoms with E-state index in [2.05, 4.69) is 27.3 Å². The van der Waals surface area contributed by atoms with Crippen LogP contribution in [0.15, 0.2) is 34.9 Å². The van der Waals surface area contributed by atoms with Crippen LogP contribution in [0.2, 0.25) is 0 Å². The molecule has 0 radical (unpaired) electrons. The number of hydrogen-bond acceptors (Lipinski definition) is 4. The molecule has 106 valence electrons. The Hall–Kier alpha value is -1.81. The third kappa shape index (κ3) is 3.39. The molecule has 0 saturated heterocycles. The van der Waals surface area contributed by atoms with Crippen molar-refractivity contribution in [2.45, 2.75) is 38.9 Å². The Labute approximate surface area is 119 Å². The van der Waals surface area contributed by atoms with Gasteiger partial charge in [0.15, 0.2) is 0 Å². The summed E-state index contributed by atoms with van der Waals surface area (Å²) >= 11 is 0. The third-order valence-corrected chi connectivity index (χ3v) is 3.56. The lowest BCUT2D eigenvalue weighted by Gasteiger charge is -2.17. The van der Waals surface area contributed by atoms with E-state index in [4.69, 9.17) is 4.42 Å². The monoisotopic (exact) mass is 271 g/mol. The van der Waals surface area contributed by atoms with Crippen molar-refractivity contribution in [3.63, 3.8) is 0 Å². The van der Waals surface area contributed by atoms with Crippen molar-refractivity contribution in [1.82, 2.24) is 10.3 Å². The van der Waals surface area contributed by atoms with Gasteiger partial charge < -0.3 is 14.6 Å². The third-order valence-electron chi connectivity index (χ3n) is 3.56. The van der Waals surface area contributed by atoms with Gasteiger partial charge in [-0.15, -0.1) is 0 Å². The van der Waals surface area contributed by atoms with Crippen molar-refractivity contribution in [3.8, 4) is 0 Å². The van der Waals surface area contributed by atoms with Crippen LogP contribution in [0.4, 0.5) is 5.82 Å². The fraction of sp³-hybridized carbons (Fsp3) is 0.438. The molecular weight excluding hydrogens is 250 g/mol. The molecule has 0 unspecified atom stereocenters. The quantitative estimate of drug-likeness (QED) is 0.877. The molecule has 0 atom stereocenters. The highest BCUT2D eigenvalue weighted by Gasteiger charge is 2.19. The zero-order valence-electron chi connectivity index (χ0n) is 12.1. The van der Waals surface area contributed by atoms with Gasteiger partial charge in [-0.3, -0.25) is 0 Å². The summed E-state index contributed by atoms with van der Waals surface area (Å²) in [6.45, 7) is 3.61. The molecule has 2 heterocycles. The number of pyridine rings is 1. The molecule has 1 fully saturated rings. The van der Waals surface area contributed by atoms with Gasteiger partial charge in [-0.25, -0.2) is 4.98 Å². The Morgan fingerprint density at radius 3 is 2.75 bits per heavy atom. The zero-order valence-corrected chi connectivity index (χ0v) is 12.1. The summed E-state index contributed by atoms with van der Waals surface area (Å²) in [6.07, 6.45) is 4.59. The Bertz CT molecular complexity index is 557. The van der Waals surface area contributed by atoms with Crippen molar-refractivity contribution in [2.75, 3.05) is 11.9 Å². The summed E-state index contributed by atoms with van der Waals surface area (Å²) in [5.41, 5.74) is 1.24. The average molecular weight is 271 g/mol. The topological polar surface area (TPSA) is 41.3 Å². The van der Waals surface area contributed by atoms with Gasteiger partial charge >= 0.3 is 0 Å². The minimum atomic E-state index is 0.736. The molecule has 1 aliphatic carbocycles. The normalized spacial score (nSPS) is 14.5. The SMILES string of the molecule is Cc1ccc(CN(C)c2ccc(CNC3CC3)cn2)o1. The molecule has 1 N–H and O–H groups in total. The number of aryl methyl sites for hydroxylation is 1. The summed E-state index contributed by atoms with van der Waals surface area (Å²) < 4.78 is 5.59. The summed E-state index contributed by atoms with van der Waals surface area (Å²) in [4.78, 5) is 6.62. The van der Waals surface area contributed by atoms with Gasteiger partial charge in [-0.2, -0.15) is 0 Å². The summed E-state index contributed by atoms with van der Waals surface area (Å²) in [5.74, 6) is 2.88. The predicted octanol–water partition coefficient (Wildman–Crippen LogP) is 2.87. The van der Waals surface area contributed by atoms with E-state index in [1.165, 1.54) is 18.4 Å². The molecule has 1 aliphatic rings. The number of aromatic nitrogens is 1. The number of rotatable bonds is 6. The van der Waals surface area contributed by atoms with Crippen LogP contribution < -0.4 is 10.2 Å². The molecule has 20 heavy (non-hydrogen) atoms. The first-order chi connectivity index (χ1) is 9.70. The maximum Gasteiger partial charge on any atom is 0.128 e. The number of nitrogens with one attached hydrogen (secondary N) is 1. The fourth-order valence-corrected chi connectivity index (χ4v) is 2.18. The van der Waals surface area contributed by atoms with E-state index in [0.29, 0.717) is 0 Å². The molecule has 3 rings (SSSR count). The van der Waals surface area contributed by atoms with Crippen molar-refractivity contribution < 1.29 is 4.42 Å². The second-order valence-electron chi connectivity index (χ2n) is 5.55. The van der Waals surface area contributed by atoms with Crippen molar-refractivity contribution in [3.05, 3.63) is 47.5 Å². The first-order valence-corrected chi connectivity index (χ1v) is 7.15. The van der Waals surface area contributed by atoms with Crippen LogP contribution in [-0.4, -0.2) is 18.1 Å². The first-order valence-electron chi connectivity index (χ1n) is 7.15. The molecular formula is C16H21N3O. The number of anilines is 1. The van der Waals surface area contributed by atoms with E-state index in [0.717, 1.165) is 36.5 Å². The summed E-state index contributed by atoms with van der Waals surface area (Å²) in [7, 11) is 2.03. The molecule has 0 bridgehead atoms. The highest BCUT2D eigenvalue weighted by Crippen LogP contribution is 2.19. The first kappa shape index (κ1) is 13.2. The summed E-state index contributed by atoms with van der Waals surface area (Å²) in [6, 6.07) is 8.95. The highest BCUT2D eigenvalue weighted by molar-refractivity contribution is 5.38. The summed E-state index contributed by atoms with van der Waals surface area (Å²) in [5, 5.41) is 3.50. The molecule has 4 heteroatoms. The molecule has 0 spiro atoms. The van der Waals surface area contributed by atoms with Crippen molar-refractivity contribution in [1.29, 1.82) is 0 Å². The average Bonchev–Trinajstić information content (AvgIpc) is 3.20. The maximum atomic E-state index is 5.59. The van der Waals surface area contributed by atoms with Gasteiger partial charge in [-0.05, 0) is 43.5 Å². The van der Waals surface area contributed by atoms with Crippen LogP contribution in [0, 0.1) is 6.92 Å². The number of nitrogens with zero attached hydrogens (tertiary/aromatic N) is 2. The Morgan fingerprint density at radius 2 is 2.15 bits per heavy atom. The Balaban J connectivity index is 1.57. The highest BCUT2D eigenvalue weighted by atomic mass is 16.3. The van der Waals surface area contributed by atoms with Gasteiger partial charge in [0.05, 0.1) is 6.54 Å². The van der Waals surface area contributed by atoms with E-state index in [9.17, 15) is 0 Å². The van der Waals surface area contributed by atoms with Crippen molar-refractivity contribution >= 4 is 5.82 Å². The zero-order chi connectivity index (χ0) is 13.9. The standard InChI is InChI=1S/C16H21N3O/c1-12-3-7-15(20-12)11-19(2)16-8-4-13(10-18-16)9-17-14-5-6-14/h3-4,7-8,10,14,17H,5-6,9,11H2,1-2H3. The largest absolute Gasteiger partial charge is 0.464 e. The molecule has 1 saturated carbocycles. The van der Waals surface area contributed by atoms with Crippen LogP contribution in [0.25, 0.3) is 0 Å². The van der Waals surface area contributed by atoms with Crippen LogP contribution >= 0.6 is 0 Å². The molecule has 2 aromatic heterocycles. The molecule has 0 amide bonds. The molecule has 2 aromatic rings. The van der Waals surface area contributed by atoms with Gasteiger partial charge in [-0.1, -0.05) is 6.07 Å². The lowest BCUT2D eigenvalue weighted by atomic mass is 10.2. The maximum absolute atomic E-state index is 5.59. The van der Waals surface area contributed by atoms with Crippen molar-refractivity contribution in [2.24, 2.45) is 0 Å².